The third-order valence-corrected chi connectivity index (χ3v) is 6.40. The molecule has 0 saturated heterocycles. The largest absolute Gasteiger partial charge is 0.338 e. The maximum absolute atomic E-state index is 13.6. The second-order valence-corrected chi connectivity index (χ2v) is 8.38. The molecule has 7 nitrogen and oxygen atoms in total. The normalized spacial score (nSPS) is 19.5. The fourth-order valence-corrected chi connectivity index (χ4v) is 4.85. The molecule has 1 atom stereocenters. The molecule has 2 aliphatic rings. The van der Waals surface area contributed by atoms with E-state index in [-0.39, 0.29) is 24.2 Å². The molecule has 0 aliphatic carbocycles. The van der Waals surface area contributed by atoms with E-state index >= 15 is 0 Å². The molecule has 5 rings (SSSR count). The van der Waals surface area contributed by atoms with Crippen molar-refractivity contribution in [2.75, 3.05) is 22.6 Å². The lowest BCUT2D eigenvalue weighted by Crippen LogP contribution is -2.59. The van der Waals surface area contributed by atoms with Crippen molar-refractivity contribution in [3.63, 3.8) is 0 Å². The summed E-state index contributed by atoms with van der Waals surface area (Å²) in [5.41, 5.74) is 2.25. The number of hydrogen-bond donors (Lipinski definition) is 0. The lowest BCUT2D eigenvalue weighted by atomic mass is 9.97. The molecule has 3 aromatic rings. The Balaban J connectivity index is 1.59. The van der Waals surface area contributed by atoms with Crippen molar-refractivity contribution in [2.45, 2.75) is 24.4 Å². The van der Waals surface area contributed by atoms with Crippen LogP contribution < -0.4 is 9.80 Å². The van der Waals surface area contributed by atoms with E-state index in [1.807, 2.05) is 55.5 Å². The van der Waals surface area contributed by atoms with Crippen molar-refractivity contribution in [1.29, 1.82) is 0 Å². The second-order valence-electron chi connectivity index (χ2n) is 7.44. The number of aromatic nitrogens is 2. The highest BCUT2D eigenvalue weighted by atomic mass is 32.2. The first-order valence-corrected chi connectivity index (χ1v) is 10.9. The van der Waals surface area contributed by atoms with Gasteiger partial charge in [-0.15, -0.1) is 0 Å². The highest BCUT2D eigenvalue weighted by Gasteiger charge is 2.59. The van der Waals surface area contributed by atoms with E-state index in [0.717, 1.165) is 16.9 Å². The van der Waals surface area contributed by atoms with Crippen LogP contribution in [0.2, 0.25) is 0 Å². The van der Waals surface area contributed by atoms with Gasteiger partial charge < -0.3 is 9.64 Å². The van der Waals surface area contributed by atoms with Gasteiger partial charge in [-0.2, -0.15) is 0 Å². The number of para-hydroxylation sites is 2. The summed E-state index contributed by atoms with van der Waals surface area (Å²) in [7, 11) is 1.71. The third kappa shape index (κ3) is 3.02. The maximum Gasteiger partial charge on any atom is 0.285 e. The van der Waals surface area contributed by atoms with E-state index in [0.29, 0.717) is 16.4 Å². The van der Waals surface area contributed by atoms with Gasteiger partial charge in [-0.3, -0.25) is 14.5 Å². The van der Waals surface area contributed by atoms with Gasteiger partial charge in [0.25, 0.3) is 11.6 Å². The molecule has 2 aliphatic heterocycles. The number of likely N-dealkylation sites (N-methyl/N-ethyl adjacent to an activating group) is 1. The lowest BCUT2D eigenvalue weighted by molar-refractivity contribution is -0.152. The van der Waals surface area contributed by atoms with Gasteiger partial charge in [0.15, 0.2) is 5.16 Å². The number of aryl methyl sites for hydroxylation is 1. The first-order chi connectivity index (χ1) is 15.0. The minimum Gasteiger partial charge on any atom is -0.338 e. The molecule has 156 valence electrons. The summed E-state index contributed by atoms with van der Waals surface area (Å²) in [5.74, 6) is -0.462. The Morgan fingerprint density at radius 3 is 2.68 bits per heavy atom. The van der Waals surface area contributed by atoms with Crippen LogP contribution in [-0.2, 0) is 26.7 Å². The third-order valence-electron chi connectivity index (χ3n) is 5.56. The molecule has 0 radical (unpaired) electrons. The molecular weight excluding hydrogens is 412 g/mol. The van der Waals surface area contributed by atoms with Crippen LogP contribution in [0.5, 0.6) is 0 Å². The predicted molar refractivity (Wildman–Crippen MR) is 118 cm³/mol. The van der Waals surface area contributed by atoms with E-state index in [2.05, 4.69) is 9.97 Å². The fraction of sp³-hybridized carbons (Fsp3) is 0.217. The average molecular weight is 433 g/mol. The molecule has 0 bridgehead atoms. The minimum absolute atomic E-state index is 0.0715. The summed E-state index contributed by atoms with van der Waals surface area (Å²) in [4.78, 5) is 38.9. The van der Waals surface area contributed by atoms with Crippen LogP contribution in [0.1, 0.15) is 16.8 Å². The van der Waals surface area contributed by atoms with Crippen LogP contribution in [0, 0.1) is 6.92 Å². The Bertz CT molecular complexity index is 1200. The van der Waals surface area contributed by atoms with E-state index < -0.39 is 5.72 Å². The van der Waals surface area contributed by atoms with E-state index in [4.69, 9.17) is 4.74 Å². The van der Waals surface area contributed by atoms with Crippen molar-refractivity contribution in [3.05, 3.63) is 77.6 Å². The van der Waals surface area contributed by atoms with E-state index in [1.165, 1.54) is 16.7 Å². The summed E-state index contributed by atoms with van der Waals surface area (Å²) >= 11 is 1.24. The molecule has 31 heavy (non-hydrogen) atoms. The zero-order chi connectivity index (χ0) is 21.6. The summed E-state index contributed by atoms with van der Waals surface area (Å²) in [6, 6.07) is 16.8. The Hall–Kier alpha value is -3.23. The van der Waals surface area contributed by atoms with Crippen molar-refractivity contribution >= 4 is 35.0 Å². The lowest BCUT2D eigenvalue weighted by Gasteiger charge is -2.43. The maximum atomic E-state index is 13.6. The summed E-state index contributed by atoms with van der Waals surface area (Å²) in [6.07, 6.45) is 1.67. The Labute approximate surface area is 184 Å². The molecule has 0 fully saturated rings. The average Bonchev–Trinajstić information content (AvgIpc) is 3.00. The van der Waals surface area contributed by atoms with Gasteiger partial charge in [-0.05, 0) is 25.1 Å². The standard InChI is InChI=1S/C23H20N4O3S/c1-15-11-12-24-22(25-15)31-14-20(28)27-18-9-5-3-7-16(18)13-30-23(27)17-8-4-6-10-19(17)26(2)21(23)29/h3-12H,13-14H2,1-2H3/t23-/m0/s1. The molecular formula is C23H20N4O3S. The SMILES string of the molecule is Cc1ccnc(SCC(=O)N2c3ccccc3CO[C@@]23C(=O)N(C)c2ccccc23)n1. The zero-order valence-electron chi connectivity index (χ0n) is 17.1. The molecule has 0 saturated carbocycles. The number of carbonyl (C=O) groups excluding carboxylic acids is 2. The highest BCUT2D eigenvalue weighted by molar-refractivity contribution is 7.99. The number of ether oxygens (including phenoxy) is 1. The predicted octanol–water partition coefficient (Wildman–Crippen LogP) is 3.27. The van der Waals surface area contributed by atoms with Crippen molar-refractivity contribution in [3.8, 4) is 0 Å². The van der Waals surface area contributed by atoms with Crippen LogP contribution in [0.4, 0.5) is 11.4 Å². The number of anilines is 2. The molecule has 8 heteroatoms. The fourth-order valence-electron chi connectivity index (χ4n) is 4.12. The Kier molecular flexibility index (Phi) is 4.75. The zero-order valence-corrected chi connectivity index (χ0v) is 17.9. The Morgan fingerprint density at radius 2 is 1.87 bits per heavy atom. The number of nitrogens with zero attached hydrogens (tertiary/aromatic N) is 4. The van der Waals surface area contributed by atoms with Gasteiger partial charge >= 0.3 is 0 Å². The topological polar surface area (TPSA) is 75.6 Å². The minimum atomic E-state index is -1.52. The molecule has 3 heterocycles. The van der Waals surface area contributed by atoms with Crippen LogP contribution in [0.25, 0.3) is 0 Å². The van der Waals surface area contributed by atoms with Crippen molar-refractivity contribution < 1.29 is 14.3 Å². The van der Waals surface area contributed by atoms with E-state index in [9.17, 15) is 9.59 Å². The molecule has 1 aromatic heterocycles. The molecule has 0 unspecified atom stereocenters. The van der Waals surface area contributed by atoms with Gasteiger partial charge in [0, 0.05) is 30.1 Å². The number of carbonyl (C=O) groups is 2. The second kappa shape index (κ2) is 7.47. The quantitative estimate of drug-likeness (QED) is 0.467. The molecule has 0 N–H and O–H groups in total. The summed E-state index contributed by atoms with van der Waals surface area (Å²) < 4.78 is 6.24. The van der Waals surface area contributed by atoms with Gasteiger partial charge in [-0.1, -0.05) is 48.2 Å². The monoisotopic (exact) mass is 432 g/mol. The molecule has 2 amide bonds. The number of fused-ring (bicyclic) bond motifs is 3. The van der Waals surface area contributed by atoms with Crippen LogP contribution in [0.15, 0.2) is 66.0 Å². The van der Waals surface area contributed by atoms with Crippen molar-refractivity contribution in [1.82, 2.24) is 9.97 Å². The van der Waals surface area contributed by atoms with Crippen LogP contribution in [-0.4, -0.2) is 34.6 Å². The van der Waals surface area contributed by atoms with Gasteiger partial charge in [0.1, 0.15) is 0 Å². The van der Waals surface area contributed by atoms with Crippen molar-refractivity contribution in [2.24, 2.45) is 0 Å². The number of hydrogen-bond acceptors (Lipinski definition) is 6. The number of thioether (sulfide) groups is 1. The first kappa shape index (κ1) is 19.7. The van der Waals surface area contributed by atoms with Crippen LogP contribution in [0.3, 0.4) is 0 Å². The first-order valence-electron chi connectivity index (χ1n) is 9.87. The number of amides is 2. The van der Waals surface area contributed by atoms with Gasteiger partial charge in [0.2, 0.25) is 5.91 Å². The Morgan fingerprint density at radius 1 is 1.13 bits per heavy atom. The van der Waals surface area contributed by atoms with E-state index in [1.54, 1.807) is 24.2 Å². The van der Waals surface area contributed by atoms with Gasteiger partial charge in [-0.25, -0.2) is 9.97 Å². The molecule has 1 spiro atoms. The molecule has 2 aromatic carbocycles. The number of benzene rings is 2. The van der Waals surface area contributed by atoms with Gasteiger partial charge in [0.05, 0.1) is 23.7 Å². The number of rotatable bonds is 3. The highest BCUT2D eigenvalue weighted by Crippen LogP contribution is 2.49. The van der Waals surface area contributed by atoms with Crippen LogP contribution >= 0.6 is 11.8 Å². The summed E-state index contributed by atoms with van der Waals surface area (Å²) in [6.45, 7) is 2.11. The summed E-state index contributed by atoms with van der Waals surface area (Å²) in [5, 5.41) is 0.517. The smallest absolute Gasteiger partial charge is 0.285 e.